The van der Waals surface area contributed by atoms with E-state index in [0.717, 1.165) is 10.0 Å². The molecule has 32 heavy (non-hydrogen) atoms. The highest BCUT2D eigenvalue weighted by atomic mass is 79.9. The summed E-state index contributed by atoms with van der Waals surface area (Å²) >= 11 is 15.7. The molecule has 11 heteroatoms. The van der Waals surface area contributed by atoms with Gasteiger partial charge in [0.2, 0.25) is 10.0 Å². The van der Waals surface area contributed by atoms with Crippen LogP contribution in [0.1, 0.15) is 6.42 Å². The summed E-state index contributed by atoms with van der Waals surface area (Å²) in [5.74, 6) is 0.716. The maximum atomic E-state index is 12.4. The first kappa shape index (κ1) is 23.0. The van der Waals surface area contributed by atoms with Crippen molar-refractivity contribution in [1.29, 1.82) is 0 Å². The number of rotatable bonds is 8. The van der Waals surface area contributed by atoms with Crippen LogP contribution in [0.3, 0.4) is 0 Å². The summed E-state index contributed by atoms with van der Waals surface area (Å²) in [7, 11) is -3.62. The van der Waals surface area contributed by atoms with E-state index in [0.29, 0.717) is 40.2 Å². The van der Waals surface area contributed by atoms with Gasteiger partial charge in [0.15, 0.2) is 5.65 Å². The maximum Gasteiger partial charge on any atom is 0.240 e. The molecule has 0 unspecified atom stereocenters. The lowest BCUT2D eigenvalue weighted by molar-refractivity contribution is 0.580. The van der Waals surface area contributed by atoms with Crippen LogP contribution in [-0.2, 0) is 10.0 Å². The second kappa shape index (κ2) is 9.76. The fourth-order valence-electron chi connectivity index (χ4n) is 3.10. The Morgan fingerprint density at radius 2 is 1.84 bits per heavy atom. The molecule has 166 valence electrons. The molecule has 0 radical (unpaired) electrons. The van der Waals surface area contributed by atoms with Crippen molar-refractivity contribution in [1.82, 2.24) is 19.3 Å². The summed E-state index contributed by atoms with van der Waals surface area (Å²) in [4.78, 5) is 4.81. The van der Waals surface area contributed by atoms with Crippen molar-refractivity contribution in [3.63, 3.8) is 0 Å². The van der Waals surface area contributed by atoms with E-state index in [1.54, 1.807) is 22.8 Å². The summed E-state index contributed by atoms with van der Waals surface area (Å²) in [5, 5.41) is 8.63. The van der Waals surface area contributed by atoms with E-state index < -0.39 is 10.0 Å². The number of halogens is 3. The molecule has 4 aromatic rings. The molecule has 0 aliphatic carbocycles. The lowest BCUT2D eigenvalue weighted by Crippen LogP contribution is -2.26. The van der Waals surface area contributed by atoms with Crippen LogP contribution in [0.2, 0.25) is 10.0 Å². The third-order valence-corrected chi connectivity index (χ3v) is 7.22. The van der Waals surface area contributed by atoms with Crippen molar-refractivity contribution in [3.8, 4) is 11.3 Å². The molecular weight excluding hydrogens is 537 g/mol. The first-order valence-electron chi connectivity index (χ1n) is 9.63. The van der Waals surface area contributed by atoms with E-state index >= 15 is 0 Å². The standard InChI is InChI=1S/C21H18BrCl2N5O2S/c22-17-13-26-29-20(12-19(28-21(17)29)16-7-1-2-8-18(16)24)25-9-4-10-27-32(30,31)15-6-3-5-14(23)11-15/h1-3,5-8,11-13,25,27H,4,9-10H2. The zero-order chi connectivity index (χ0) is 22.7. The molecule has 2 N–H and O–H groups in total. The van der Waals surface area contributed by atoms with Gasteiger partial charge in [0.25, 0.3) is 0 Å². The van der Waals surface area contributed by atoms with Crippen molar-refractivity contribution < 1.29 is 8.42 Å². The van der Waals surface area contributed by atoms with Crippen molar-refractivity contribution in [2.45, 2.75) is 11.3 Å². The molecule has 2 aromatic carbocycles. The van der Waals surface area contributed by atoms with E-state index in [4.69, 9.17) is 23.2 Å². The van der Waals surface area contributed by atoms with Gasteiger partial charge in [0.1, 0.15) is 5.82 Å². The second-order valence-corrected chi connectivity index (χ2v) is 10.3. The van der Waals surface area contributed by atoms with Crippen LogP contribution >= 0.6 is 39.1 Å². The van der Waals surface area contributed by atoms with Crippen LogP contribution in [0.5, 0.6) is 0 Å². The van der Waals surface area contributed by atoms with Crippen molar-refractivity contribution in [3.05, 3.63) is 75.3 Å². The van der Waals surface area contributed by atoms with Crippen LogP contribution < -0.4 is 10.0 Å². The monoisotopic (exact) mass is 553 g/mol. The number of hydrogen-bond donors (Lipinski definition) is 2. The largest absolute Gasteiger partial charge is 0.370 e. The van der Waals surface area contributed by atoms with Gasteiger partial charge in [-0.15, -0.1) is 0 Å². The Bertz CT molecular complexity index is 1380. The molecule has 0 atom stereocenters. The second-order valence-electron chi connectivity index (χ2n) is 6.87. The molecule has 2 heterocycles. The van der Waals surface area contributed by atoms with Crippen molar-refractivity contribution >= 4 is 60.6 Å². The first-order valence-corrected chi connectivity index (χ1v) is 12.7. The molecule has 0 saturated carbocycles. The quantitative estimate of drug-likeness (QED) is 0.290. The van der Waals surface area contributed by atoms with Crippen LogP contribution in [0.4, 0.5) is 5.82 Å². The predicted octanol–water partition coefficient (Wildman–Crippen LogP) is 5.25. The number of aromatic nitrogens is 3. The number of sulfonamides is 1. The number of benzene rings is 2. The topological polar surface area (TPSA) is 88.4 Å². The van der Waals surface area contributed by atoms with Gasteiger partial charge in [-0.05, 0) is 46.6 Å². The molecule has 0 amide bonds. The summed E-state index contributed by atoms with van der Waals surface area (Å²) in [5.41, 5.74) is 2.15. The Labute approximate surface area is 204 Å². The van der Waals surface area contributed by atoms with Crippen LogP contribution in [0.25, 0.3) is 16.9 Å². The Morgan fingerprint density at radius 1 is 1.03 bits per heavy atom. The number of hydrogen-bond acceptors (Lipinski definition) is 5. The molecule has 2 aromatic heterocycles. The van der Waals surface area contributed by atoms with Gasteiger partial charge in [0, 0.05) is 34.8 Å². The van der Waals surface area contributed by atoms with Crippen molar-refractivity contribution in [2.24, 2.45) is 0 Å². The number of anilines is 1. The van der Waals surface area contributed by atoms with Crippen LogP contribution in [-0.4, -0.2) is 36.1 Å². The highest BCUT2D eigenvalue weighted by Crippen LogP contribution is 2.30. The molecule has 0 spiro atoms. The maximum absolute atomic E-state index is 12.4. The van der Waals surface area contributed by atoms with E-state index in [1.807, 2.05) is 30.3 Å². The minimum Gasteiger partial charge on any atom is -0.370 e. The zero-order valence-electron chi connectivity index (χ0n) is 16.6. The Morgan fingerprint density at radius 3 is 2.62 bits per heavy atom. The predicted molar refractivity (Wildman–Crippen MR) is 131 cm³/mol. The Kier molecular flexibility index (Phi) is 7.02. The summed E-state index contributed by atoms with van der Waals surface area (Å²) in [6.45, 7) is 0.771. The molecule has 0 aliphatic rings. The van der Waals surface area contributed by atoms with E-state index in [1.165, 1.54) is 12.1 Å². The van der Waals surface area contributed by atoms with E-state index in [2.05, 4.69) is 36.1 Å². The molecule has 0 bridgehead atoms. The Balaban J connectivity index is 1.46. The molecular formula is C21H18BrCl2N5O2S. The third kappa shape index (κ3) is 5.07. The SMILES string of the molecule is O=S(=O)(NCCCNc1cc(-c2ccccc2Cl)nc2c(Br)cnn12)c1cccc(Cl)c1. The van der Waals surface area contributed by atoms with Gasteiger partial charge in [-0.25, -0.2) is 18.1 Å². The first-order chi connectivity index (χ1) is 15.3. The highest BCUT2D eigenvalue weighted by Gasteiger charge is 2.15. The normalized spacial score (nSPS) is 11.7. The third-order valence-electron chi connectivity index (χ3n) is 4.64. The van der Waals surface area contributed by atoms with Crippen LogP contribution in [0.15, 0.2) is 70.2 Å². The molecule has 4 rings (SSSR count). The lowest BCUT2D eigenvalue weighted by atomic mass is 10.1. The average Bonchev–Trinajstić information content (AvgIpc) is 3.14. The lowest BCUT2D eigenvalue weighted by Gasteiger charge is -2.12. The van der Waals surface area contributed by atoms with E-state index in [9.17, 15) is 8.42 Å². The van der Waals surface area contributed by atoms with Crippen LogP contribution in [0, 0.1) is 0 Å². The van der Waals surface area contributed by atoms with Gasteiger partial charge in [-0.1, -0.05) is 47.5 Å². The zero-order valence-corrected chi connectivity index (χ0v) is 20.5. The summed E-state index contributed by atoms with van der Waals surface area (Å²) in [6.07, 6.45) is 2.22. The molecule has 0 aliphatic heterocycles. The van der Waals surface area contributed by atoms with Crippen molar-refractivity contribution in [2.75, 3.05) is 18.4 Å². The molecule has 0 saturated heterocycles. The smallest absolute Gasteiger partial charge is 0.240 e. The van der Waals surface area contributed by atoms with Gasteiger partial charge in [-0.3, -0.25) is 0 Å². The fraction of sp³-hybridized carbons (Fsp3) is 0.143. The minimum absolute atomic E-state index is 0.138. The molecule has 0 fully saturated rings. The summed E-state index contributed by atoms with van der Waals surface area (Å²) in [6, 6.07) is 15.5. The van der Waals surface area contributed by atoms with Gasteiger partial charge < -0.3 is 5.32 Å². The Hall–Kier alpha value is -2.17. The average molecular weight is 555 g/mol. The minimum atomic E-state index is -3.62. The fourth-order valence-corrected chi connectivity index (χ4v) is 5.05. The number of fused-ring (bicyclic) bond motifs is 1. The van der Waals surface area contributed by atoms with Gasteiger partial charge in [0.05, 0.1) is 21.3 Å². The summed E-state index contributed by atoms with van der Waals surface area (Å²) < 4.78 is 29.8. The van der Waals surface area contributed by atoms with Gasteiger partial charge in [-0.2, -0.15) is 9.61 Å². The molecule has 7 nitrogen and oxygen atoms in total. The van der Waals surface area contributed by atoms with E-state index in [-0.39, 0.29) is 11.4 Å². The highest BCUT2D eigenvalue weighted by molar-refractivity contribution is 9.10. The number of nitrogens with zero attached hydrogens (tertiary/aromatic N) is 3. The number of nitrogens with one attached hydrogen (secondary N) is 2. The van der Waals surface area contributed by atoms with Gasteiger partial charge >= 0.3 is 0 Å².